The second-order valence-electron chi connectivity index (χ2n) is 4.15. The van der Waals surface area contributed by atoms with Gasteiger partial charge in [0.05, 0.1) is 0 Å². The Kier molecular flexibility index (Phi) is 4.69. The van der Waals surface area contributed by atoms with Gasteiger partial charge in [0.1, 0.15) is 5.72 Å². The Hall–Kier alpha value is -1.02. The van der Waals surface area contributed by atoms with Crippen LogP contribution in [0.25, 0.3) is 0 Å². The summed E-state index contributed by atoms with van der Waals surface area (Å²) in [5, 5.41) is 10.7. The minimum absolute atomic E-state index is 0.217. The summed E-state index contributed by atoms with van der Waals surface area (Å²) in [6.07, 6.45) is 9.11. The number of allylic oxidation sites excluding steroid dienone is 1. The van der Waals surface area contributed by atoms with Gasteiger partial charge in [0.15, 0.2) is 0 Å². The van der Waals surface area contributed by atoms with E-state index >= 15 is 0 Å². The summed E-state index contributed by atoms with van der Waals surface area (Å²) in [6, 6.07) is 3.81. The number of hydrogen-bond donors (Lipinski definition) is 1. The van der Waals surface area contributed by atoms with E-state index in [2.05, 4.69) is 6.58 Å². The highest BCUT2D eigenvalue weighted by Crippen LogP contribution is 2.27. The van der Waals surface area contributed by atoms with Crippen molar-refractivity contribution in [1.29, 1.82) is 0 Å². The van der Waals surface area contributed by atoms with Gasteiger partial charge in [-0.3, -0.25) is 0 Å². The molecular weight excluding hydrogens is 198 g/mol. The summed E-state index contributed by atoms with van der Waals surface area (Å²) in [4.78, 5) is 0. The van der Waals surface area contributed by atoms with Crippen LogP contribution in [0.15, 0.2) is 37.2 Å². The van der Waals surface area contributed by atoms with Crippen molar-refractivity contribution in [3.05, 3.63) is 37.2 Å². The molecule has 0 aromatic carbocycles. The van der Waals surface area contributed by atoms with Crippen molar-refractivity contribution in [3.63, 3.8) is 0 Å². The van der Waals surface area contributed by atoms with Gasteiger partial charge < -0.3 is 9.67 Å². The van der Waals surface area contributed by atoms with Crippen molar-refractivity contribution in [3.8, 4) is 0 Å². The molecule has 1 aromatic rings. The topological polar surface area (TPSA) is 25.2 Å². The fourth-order valence-electron chi connectivity index (χ4n) is 1.85. The molecule has 2 heteroatoms. The van der Waals surface area contributed by atoms with Crippen LogP contribution in [0.3, 0.4) is 0 Å². The fraction of sp³-hybridized carbons (Fsp3) is 0.571. The zero-order chi connectivity index (χ0) is 12.7. The molecule has 1 heterocycles. The zero-order valence-electron chi connectivity index (χ0n) is 11.1. The predicted octanol–water partition coefficient (Wildman–Crippen LogP) is 3.68. The first-order valence-electron chi connectivity index (χ1n) is 6.59. The first kappa shape index (κ1) is 11.5. The molecule has 0 saturated carbocycles. The van der Waals surface area contributed by atoms with Crippen molar-refractivity contribution in [2.24, 2.45) is 0 Å². The molecule has 0 bridgehead atoms. The van der Waals surface area contributed by atoms with Crippen LogP contribution in [0.5, 0.6) is 0 Å². The van der Waals surface area contributed by atoms with Crippen LogP contribution in [0.1, 0.15) is 46.8 Å². The molecule has 0 aliphatic carbocycles. The van der Waals surface area contributed by atoms with Crippen LogP contribution in [-0.4, -0.2) is 9.67 Å². The predicted molar refractivity (Wildman–Crippen MR) is 68.2 cm³/mol. The third-order valence-corrected chi connectivity index (χ3v) is 2.83. The first-order chi connectivity index (χ1) is 8.12. The van der Waals surface area contributed by atoms with Gasteiger partial charge in [-0.15, -0.1) is 6.58 Å². The van der Waals surface area contributed by atoms with E-state index in [9.17, 15) is 5.11 Å². The van der Waals surface area contributed by atoms with Gasteiger partial charge in [-0.25, -0.2) is 0 Å². The highest BCUT2D eigenvalue weighted by Gasteiger charge is 2.26. The smallest absolute Gasteiger partial charge is 0.141 e. The second kappa shape index (κ2) is 6.54. The van der Waals surface area contributed by atoms with Gasteiger partial charge in [-0.1, -0.05) is 19.4 Å². The Bertz CT molecular complexity index is 323. The van der Waals surface area contributed by atoms with E-state index in [0.29, 0.717) is 12.8 Å². The maximum Gasteiger partial charge on any atom is 0.141 e. The minimum atomic E-state index is -0.922. The molecule has 2 nitrogen and oxygen atoms in total. The molecule has 16 heavy (non-hydrogen) atoms. The van der Waals surface area contributed by atoms with Crippen LogP contribution in [0, 0.1) is 0 Å². The largest absolute Gasteiger partial charge is 0.371 e. The van der Waals surface area contributed by atoms with Crippen molar-refractivity contribution in [1.82, 2.24) is 4.57 Å². The Morgan fingerprint density at radius 1 is 1.44 bits per heavy atom. The Morgan fingerprint density at radius 3 is 2.69 bits per heavy atom. The number of aromatic nitrogens is 1. The van der Waals surface area contributed by atoms with Gasteiger partial charge in [0.25, 0.3) is 0 Å². The lowest BCUT2D eigenvalue weighted by Gasteiger charge is -2.30. The third kappa shape index (κ3) is 3.53. The monoisotopic (exact) mass is 222 g/mol. The van der Waals surface area contributed by atoms with E-state index < -0.39 is 5.72 Å². The SMILES string of the molecule is [2H]C(CC)CC(O)(CCCC=C)n1cccc1. The van der Waals surface area contributed by atoms with E-state index in [0.717, 1.165) is 19.3 Å². The van der Waals surface area contributed by atoms with E-state index in [1.54, 1.807) is 0 Å². The summed E-state index contributed by atoms with van der Waals surface area (Å²) >= 11 is 0. The lowest BCUT2D eigenvalue weighted by molar-refractivity contribution is -0.0564. The maximum absolute atomic E-state index is 10.7. The average Bonchev–Trinajstić information content (AvgIpc) is 2.83. The molecular formula is C14H23NO. The van der Waals surface area contributed by atoms with Crippen molar-refractivity contribution in [2.75, 3.05) is 0 Å². The Balaban J connectivity index is 2.73. The van der Waals surface area contributed by atoms with E-state index in [1.165, 1.54) is 0 Å². The maximum atomic E-state index is 10.7. The lowest BCUT2D eigenvalue weighted by Crippen LogP contribution is -2.32. The number of rotatable bonds is 8. The summed E-state index contributed by atoms with van der Waals surface area (Å²) in [5.41, 5.74) is -0.922. The van der Waals surface area contributed by atoms with Gasteiger partial charge in [-0.05, 0) is 44.2 Å². The standard InChI is InChI=1S/C14H23NO/c1-3-5-7-11-14(16,10-6-4-2)15-12-8-9-13-15/h3,8-9,12-13,16H,1,4-7,10-11H2,2H3/i6D. The number of nitrogens with zero attached hydrogens (tertiary/aromatic N) is 1. The lowest BCUT2D eigenvalue weighted by atomic mass is 9.99. The fourth-order valence-corrected chi connectivity index (χ4v) is 1.85. The summed E-state index contributed by atoms with van der Waals surface area (Å²) in [6.45, 7) is 5.68. The molecule has 2 unspecified atom stereocenters. The van der Waals surface area contributed by atoms with Crippen LogP contribution in [-0.2, 0) is 5.72 Å². The van der Waals surface area contributed by atoms with Crippen LogP contribution in [0.2, 0.25) is 0 Å². The van der Waals surface area contributed by atoms with Gasteiger partial charge in [-0.2, -0.15) is 0 Å². The second-order valence-corrected chi connectivity index (χ2v) is 4.15. The number of unbranched alkanes of at least 4 members (excludes halogenated alkanes) is 1. The van der Waals surface area contributed by atoms with Gasteiger partial charge >= 0.3 is 0 Å². The molecule has 0 saturated heterocycles. The van der Waals surface area contributed by atoms with Crippen molar-refractivity contribution >= 4 is 0 Å². The molecule has 1 N–H and O–H groups in total. The van der Waals surface area contributed by atoms with Crippen LogP contribution < -0.4 is 0 Å². The van der Waals surface area contributed by atoms with Gasteiger partial charge in [0, 0.05) is 13.8 Å². The molecule has 2 atom stereocenters. The van der Waals surface area contributed by atoms with Crippen molar-refractivity contribution in [2.45, 2.75) is 51.1 Å². The molecule has 1 rings (SSSR count). The quantitative estimate of drug-likeness (QED) is 0.527. The van der Waals surface area contributed by atoms with Crippen LogP contribution in [0.4, 0.5) is 0 Å². The number of hydrogen-bond acceptors (Lipinski definition) is 1. The molecule has 0 radical (unpaired) electrons. The third-order valence-electron chi connectivity index (χ3n) is 2.83. The van der Waals surface area contributed by atoms with Crippen molar-refractivity contribution < 1.29 is 6.48 Å². The van der Waals surface area contributed by atoms with E-state index in [-0.39, 0.29) is 6.40 Å². The Labute approximate surface area is 100 Å². The molecule has 0 aliphatic rings. The molecule has 0 spiro atoms. The molecule has 90 valence electrons. The first-order valence-corrected chi connectivity index (χ1v) is 6.01. The Morgan fingerprint density at radius 2 is 2.12 bits per heavy atom. The minimum Gasteiger partial charge on any atom is -0.371 e. The summed E-state index contributed by atoms with van der Waals surface area (Å²) in [5.74, 6) is 0. The summed E-state index contributed by atoms with van der Waals surface area (Å²) in [7, 11) is 0. The van der Waals surface area contributed by atoms with Gasteiger partial charge in [0.2, 0.25) is 0 Å². The zero-order valence-corrected chi connectivity index (χ0v) is 10.1. The average molecular weight is 222 g/mol. The van der Waals surface area contributed by atoms with Crippen LogP contribution >= 0.6 is 0 Å². The van der Waals surface area contributed by atoms with E-state index in [4.69, 9.17) is 1.37 Å². The normalized spacial score (nSPS) is 17.5. The molecule has 1 aromatic heterocycles. The molecule has 0 amide bonds. The summed E-state index contributed by atoms with van der Waals surface area (Å²) < 4.78 is 9.69. The number of aliphatic hydroxyl groups is 1. The highest BCUT2D eigenvalue weighted by atomic mass is 16.3. The van der Waals surface area contributed by atoms with E-state index in [1.807, 2.05) is 42.1 Å². The molecule has 0 aliphatic heterocycles. The molecule has 0 fully saturated rings. The highest BCUT2D eigenvalue weighted by molar-refractivity contribution is 4.95.